The Morgan fingerprint density at radius 2 is 2.00 bits per heavy atom. The number of benzene rings is 2. The number of hydrogen-bond acceptors (Lipinski definition) is 4. The van der Waals surface area contributed by atoms with Gasteiger partial charge in [-0.05, 0) is 23.8 Å². The number of nitrogens with one attached hydrogen (secondary N) is 2. The fraction of sp³-hybridized carbons (Fsp3) is 0.0556. The van der Waals surface area contributed by atoms with E-state index in [0.29, 0.717) is 15.8 Å². The van der Waals surface area contributed by atoms with E-state index in [0.717, 1.165) is 5.56 Å². The van der Waals surface area contributed by atoms with Crippen molar-refractivity contribution < 1.29 is 4.79 Å². The maximum absolute atomic E-state index is 12.4. The van der Waals surface area contributed by atoms with Gasteiger partial charge < -0.3 is 5.32 Å². The maximum atomic E-state index is 12.4. The second-order valence-corrected chi connectivity index (χ2v) is 7.05. The lowest BCUT2D eigenvalue weighted by molar-refractivity contribution is 0.102. The SMILES string of the molecule is N#Cc1c(SCc2ccccc2)n[nH]c1NC(=O)c1ccc(Cl)cc1Cl. The minimum Gasteiger partial charge on any atom is -0.306 e. The van der Waals surface area contributed by atoms with E-state index < -0.39 is 5.91 Å². The molecular weight excluding hydrogens is 391 g/mol. The third-order valence-corrected chi connectivity index (χ3v) is 5.07. The van der Waals surface area contributed by atoms with Crippen LogP contribution in [0, 0.1) is 11.3 Å². The van der Waals surface area contributed by atoms with Gasteiger partial charge in [0.25, 0.3) is 5.91 Å². The van der Waals surface area contributed by atoms with E-state index in [2.05, 4.69) is 21.6 Å². The van der Waals surface area contributed by atoms with Gasteiger partial charge in [0.05, 0.1) is 10.6 Å². The number of H-pyrrole nitrogens is 1. The van der Waals surface area contributed by atoms with Gasteiger partial charge in [0.15, 0.2) is 0 Å². The van der Waals surface area contributed by atoms with E-state index in [9.17, 15) is 10.1 Å². The quantitative estimate of drug-likeness (QED) is 0.579. The molecule has 130 valence electrons. The highest BCUT2D eigenvalue weighted by molar-refractivity contribution is 7.98. The van der Waals surface area contributed by atoms with Crippen LogP contribution in [0.2, 0.25) is 10.0 Å². The van der Waals surface area contributed by atoms with E-state index in [-0.39, 0.29) is 22.0 Å². The number of carbonyl (C=O) groups is 1. The van der Waals surface area contributed by atoms with Gasteiger partial charge in [-0.3, -0.25) is 9.89 Å². The van der Waals surface area contributed by atoms with Crippen molar-refractivity contribution in [2.45, 2.75) is 10.8 Å². The molecule has 0 aliphatic carbocycles. The molecule has 0 fully saturated rings. The Kier molecular flexibility index (Phi) is 5.84. The molecule has 0 bridgehead atoms. The number of aromatic amines is 1. The highest BCUT2D eigenvalue weighted by Gasteiger charge is 2.18. The molecule has 5 nitrogen and oxygen atoms in total. The zero-order valence-electron chi connectivity index (χ0n) is 13.3. The second-order valence-electron chi connectivity index (χ2n) is 5.24. The lowest BCUT2D eigenvalue weighted by atomic mass is 10.2. The Hall–Kier alpha value is -2.46. The number of nitriles is 1. The monoisotopic (exact) mass is 402 g/mol. The molecule has 8 heteroatoms. The predicted octanol–water partition coefficient (Wildman–Crippen LogP) is 5.13. The lowest BCUT2D eigenvalue weighted by Crippen LogP contribution is -2.13. The van der Waals surface area contributed by atoms with E-state index in [1.807, 2.05) is 30.3 Å². The average Bonchev–Trinajstić information content (AvgIpc) is 3.02. The largest absolute Gasteiger partial charge is 0.306 e. The zero-order chi connectivity index (χ0) is 18.5. The Bertz CT molecular complexity index is 983. The first-order chi connectivity index (χ1) is 12.6. The van der Waals surface area contributed by atoms with Gasteiger partial charge in [0, 0.05) is 10.8 Å². The zero-order valence-corrected chi connectivity index (χ0v) is 15.6. The summed E-state index contributed by atoms with van der Waals surface area (Å²) in [7, 11) is 0. The molecule has 3 aromatic rings. The summed E-state index contributed by atoms with van der Waals surface area (Å²) >= 11 is 13.3. The van der Waals surface area contributed by atoms with Gasteiger partial charge >= 0.3 is 0 Å². The average molecular weight is 403 g/mol. The molecule has 0 aliphatic rings. The van der Waals surface area contributed by atoms with Gasteiger partial charge in [-0.1, -0.05) is 65.3 Å². The van der Waals surface area contributed by atoms with Crippen LogP contribution in [-0.4, -0.2) is 16.1 Å². The van der Waals surface area contributed by atoms with Crippen LogP contribution in [-0.2, 0) is 5.75 Å². The fourth-order valence-corrected chi connectivity index (χ4v) is 3.60. The molecule has 1 amide bonds. The number of aromatic nitrogens is 2. The van der Waals surface area contributed by atoms with Crippen LogP contribution in [0.25, 0.3) is 0 Å². The number of rotatable bonds is 5. The molecule has 0 aliphatic heterocycles. The molecule has 0 atom stereocenters. The number of thioether (sulfide) groups is 1. The summed E-state index contributed by atoms with van der Waals surface area (Å²) in [6, 6.07) is 16.5. The third kappa shape index (κ3) is 4.20. The highest BCUT2D eigenvalue weighted by atomic mass is 35.5. The first-order valence-corrected chi connectivity index (χ1v) is 9.24. The molecule has 1 heterocycles. The minimum atomic E-state index is -0.452. The van der Waals surface area contributed by atoms with E-state index in [1.165, 1.54) is 23.9 Å². The van der Waals surface area contributed by atoms with Crippen LogP contribution in [0.4, 0.5) is 5.82 Å². The summed E-state index contributed by atoms with van der Waals surface area (Å²) in [5, 5.41) is 20.1. The Balaban J connectivity index is 1.75. The number of hydrogen-bond donors (Lipinski definition) is 2. The Morgan fingerprint density at radius 3 is 2.69 bits per heavy atom. The molecule has 2 aromatic carbocycles. The van der Waals surface area contributed by atoms with Crippen LogP contribution in [0.3, 0.4) is 0 Å². The number of anilines is 1. The van der Waals surface area contributed by atoms with Crippen molar-refractivity contribution >= 4 is 46.7 Å². The fourth-order valence-electron chi connectivity index (χ4n) is 2.20. The van der Waals surface area contributed by atoms with Crippen LogP contribution < -0.4 is 5.32 Å². The van der Waals surface area contributed by atoms with Crippen LogP contribution in [0.1, 0.15) is 21.5 Å². The van der Waals surface area contributed by atoms with E-state index >= 15 is 0 Å². The van der Waals surface area contributed by atoms with Gasteiger partial charge in [0.2, 0.25) is 0 Å². The van der Waals surface area contributed by atoms with Crippen molar-refractivity contribution in [3.63, 3.8) is 0 Å². The summed E-state index contributed by atoms with van der Waals surface area (Å²) in [5.41, 5.74) is 1.65. The van der Waals surface area contributed by atoms with Crippen LogP contribution in [0.5, 0.6) is 0 Å². The first kappa shape index (κ1) is 18.3. The maximum Gasteiger partial charge on any atom is 0.258 e. The summed E-state index contributed by atoms with van der Waals surface area (Å²) in [4.78, 5) is 12.4. The number of amides is 1. The predicted molar refractivity (Wildman–Crippen MR) is 104 cm³/mol. The summed E-state index contributed by atoms with van der Waals surface area (Å²) in [6.07, 6.45) is 0. The molecule has 1 aromatic heterocycles. The molecule has 0 saturated heterocycles. The lowest BCUT2D eigenvalue weighted by Gasteiger charge is -2.05. The van der Waals surface area contributed by atoms with Crippen molar-refractivity contribution in [2.75, 3.05) is 5.32 Å². The van der Waals surface area contributed by atoms with Gasteiger partial charge in [0.1, 0.15) is 22.5 Å². The van der Waals surface area contributed by atoms with Gasteiger partial charge in [-0.15, -0.1) is 0 Å². The molecule has 3 rings (SSSR count). The third-order valence-electron chi connectivity index (χ3n) is 3.48. The smallest absolute Gasteiger partial charge is 0.258 e. The second kappa shape index (κ2) is 8.28. The molecule has 0 radical (unpaired) electrons. The van der Waals surface area contributed by atoms with E-state index in [1.54, 1.807) is 6.07 Å². The van der Waals surface area contributed by atoms with Crippen molar-refractivity contribution in [1.29, 1.82) is 5.26 Å². The highest BCUT2D eigenvalue weighted by Crippen LogP contribution is 2.29. The number of nitrogens with zero attached hydrogens (tertiary/aromatic N) is 2. The Morgan fingerprint density at radius 1 is 1.23 bits per heavy atom. The summed E-state index contributed by atoms with van der Waals surface area (Å²) in [5.74, 6) is 0.446. The molecule has 0 saturated carbocycles. The molecule has 0 spiro atoms. The topological polar surface area (TPSA) is 81.6 Å². The Labute approximate surface area is 164 Å². The summed E-state index contributed by atoms with van der Waals surface area (Å²) in [6.45, 7) is 0. The van der Waals surface area contributed by atoms with Gasteiger partial charge in [-0.25, -0.2) is 0 Å². The van der Waals surface area contributed by atoms with Crippen molar-refractivity contribution in [2.24, 2.45) is 0 Å². The molecule has 26 heavy (non-hydrogen) atoms. The summed E-state index contributed by atoms with van der Waals surface area (Å²) < 4.78 is 0. The van der Waals surface area contributed by atoms with Crippen molar-refractivity contribution in [3.8, 4) is 6.07 Å². The van der Waals surface area contributed by atoms with Crippen molar-refractivity contribution in [1.82, 2.24) is 10.2 Å². The molecular formula is C18H12Cl2N4OS. The normalized spacial score (nSPS) is 10.3. The first-order valence-electron chi connectivity index (χ1n) is 7.50. The molecule has 2 N–H and O–H groups in total. The van der Waals surface area contributed by atoms with Crippen molar-refractivity contribution in [3.05, 3.63) is 75.3 Å². The molecule has 0 unspecified atom stereocenters. The number of carbonyl (C=O) groups excluding carboxylic acids is 1. The van der Waals surface area contributed by atoms with Crippen LogP contribution in [0.15, 0.2) is 53.6 Å². The number of halogens is 2. The standard InChI is InChI=1S/C18H12Cl2N4OS/c19-12-6-7-13(15(20)8-12)17(25)22-16-14(9-21)18(24-23-16)26-10-11-4-2-1-3-5-11/h1-8H,10H2,(H2,22,23,24,25). The van der Waals surface area contributed by atoms with E-state index in [4.69, 9.17) is 23.2 Å². The minimum absolute atomic E-state index is 0.228. The van der Waals surface area contributed by atoms with Gasteiger partial charge in [-0.2, -0.15) is 10.4 Å². The van der Waals surface area contributed by atoms with Crippen LogP contribution >= 0.6 is 35.0 Å².